The quantitative estimate of drug-likeness (QED) is 0.790. The van der Waals surface area contributed by atoms with Crippen LogP contribution in [-0.4, -0.2) is 45.9 Å². The highest BCUT2D eigenvalue weighted by atomic mass is 32.2. The van der Waals surface area contributed by atoms with Crippen molar-refractivity contribution >= 4 is 42.6 Å². The first kappa shape index (κ1) is 18.3. The van der Waals surface area contributed by atoms with E-state index in [-0.39, 0.29) is 29.1 Å². The molecule has 1 aromatic heterocycles. The second-order valence-electron chi connectivity index (χ2n) is 5.31. The largest absolute Gasteiger partial charge is 0.462 e. The fourth-order valence-electron chi connectivity index (χ4n) is 2.56. The number of nitrogens with zero attached hydrogens (tertiary/aromatic N) is 1. The maximum atomic E-state index is 12.2. The van der Waals surface area contributed by atoms with Crippen LogP contribution in [0.15, 0.2) is 18.2 Å². The minimum Gasteiger partial charge on any atom is -0.462 e. The molecule has 1 aromatic carbocycles. The number of ether oxygens (including phenoxy) is 1. The summed E-state index contributed by atoms with van der Waals surface area (Å²) in [6.45, 7) is 3.27. The third kappa shape index (κ3) is 3.54. The van der Waals surface area contributed by atoms with E-state index in [4.69, 9.17) is 4.74 Å². The van der Waals surface area contributed by atoms with Crippen molar-refractivity contribution in [1.82, 2.24) is 3.97 Å². The lowest BCUT2D eigenvalue weighted by Gasteiger charge is -2.06. The molecule has 0 saturated carbocycles. The molecule has 2 aromatic rings. The van der Waals surface area contributed by atoms with Gasteiger partial charge in [0.25, 0.3) is 0 Å². The number of esters is 1. The van der Waals surface area contributed by atoms with Crippen molar-refractivity contribution in [1.29, 1.82) is 0 Å². The van der Waals surface area contributed by atoms with E-state index in [0.717, 1.165) is 16.5 Å². The van der Waals surface area contributed by atoms with E-state index in [9.17, 15) is 21.6 Å². The Bertz CT molecular complexity index is 1020. The molecule has 24 heavy (non-hydrogen) atoms. The van der Waals surface area contributed by atoms with Crippen LogP contribution in [0.25, 0.3) is 10.9 Å². The summed E-state index contributed by atoms with van der Waals surface area (Å²) in [5, 5.41) is 0.296. The lowest BCUT2D eigenvalue weighted by Crippen LogP contribution is -2.13. The van der Waals surface area contributed by atoms with Gasteiger partial charge >= 0.3 is 5.97 Å². The molecule has 0 fully saturated rings. The number of sulfonamides is 1. The summed E-state index contributed by atoms with van der Waals surface area (Å²) >= 11 is 0. The summed E-state index contributed by atoms with van der Waals surface area (Å²) in [5.74, 6) is -0.668. The van der Waals surface area contributed by atoms with Gasteiger partial charge in [-0.3, -0.25) is 4.72 Å². The van der Waals surface area contributed by atoms with Crippen LogP contribution in [0.4, 0.5) is 5.69 Å². The number of carbonyl (C=O) groups excluding carboxylic acids is 1. The topological polar surface area (TPSA) is 112 Å². The monoisotopic (exact) mass is 374 g/mol. The molecule has 132 valence electrons. The summed E-state index contributed by atoms with van der Waals surface area (Å²) in [5.41, 5.74) is 0.801. The van der Waals surface area contributed by atoms with Gasteiger partial charge in [-0.05, 0) is 32.0 Å². The lowest BCUT2D eigenvalue weighted by atomic mass is 10.1. The molecule has 0 atom stereocenters. The Morgan fingerprint density at radius 3 is 2.33 bits per heavy atom. The first-order valence-electron chi connectivity index (χ1n) is 6.96. The van der Waals surface area contributed by atoms with Gasteiger partial charge in [0.1, 0.15) is 0 Å². The van der Waals surface area contributed by atoms with Crippen molar-refractivity contribution in [2.75, 3.05) is 23.8 Å². The average molecular weight is 374 g/mol. The van der Waals surface area contributed by atoms with Gasteiger partial charge in [0.15, 0.2) is 0 Å². The van der Waals surface area contributed by atoms with Crippen LogP contribution in [0.1, 0.15) is 23.0 Å². The lowest BCUT2D eigenvalue weighted by molar-refractivity contribution is 0.0528. The third-order valence-corrected chi connectivity index (χ3v) is 5.01. The highest BCUT2D eigenvalue weighted by Crippen LogP contribution is 2.30. The Balaban J connectivity index is 2.83. The number of aromatic nitrogens is 1. The summed E-state index contributed by atoms with van der Waals surface area (Å²) in [6.07, 6.45) is 2.02. The fraction of sp³-hybridized carbons (Fsp3) is 0.357. The van der Waals surface area contributed by atoms with E-state index in [1.54, 1.807) is 6.92 Å². The van der Waals surface area contributed by atoms with Crippen LogP contribution in [0, 0.1) is 6.92 Å². The van der Waals surface area contributed by atoms with Crippen molar-refractivity contribution in [3.05, 3.63) is 29.5 Å². The number of nitrogens with one attached hydrogen (secondary N) is 1. The Morgan fingerprint density at radius 2 is 1.83 bits per heavy atom. The van der Waals surface area contributed by atoms with Gasteiger partial charge in [0, 0.05) is 16.8 Å². The maximum absolute atomic E-state index is 12.2. The zero-order chi connectivity index (χ0) is 18.3. The normalized spacial score (nSPS) is 12.3. The first-order chi connectivity index (χ1) is 11.0. The maximum Gasteiger partial charge on any atom is 0.340 e. The van der Waals surface area contributed by atoms with Gasteiger partial charge in [-0.25, -0.2) is 25.6 Å². The van der Waals surface area contributed by atoms with Gasteiger partial charge in [-0.1, -0.05) is 0 Å². The van der Waals surface area contributed by atoms with Crippen LogP contribution in [0.3, 0.4) is 0 Å². The van der Waals surface area contributed by atoms with E-state index >= 15 is 0 Å². The van der Waals surface area contributed by atoms with Crippen molar-refractivity contribution < 1.29 is 26.4 Å². The smallest absolute Gasteiger partial charge is 0.340 e. The zero-order valence-electron chi connectivity index (χ0n) is 13.7. The van der Waals surface area contributed by atoms with E-state index in [0.29, 0.717) is 5.39 Å². The highest BCUT2D eigenvalue weighted by molar-refractivity contribution is 7.92. The molecule has 0 spiro atoms. The number of rotatable bonds is 5. The predicted octanol–water partition coefficient (Wildman–Crippen LogP) is 1.31. The number of hydrogen-bond acceptors (Lipinski definition) is 6. The summed E-state index contributed by atoms with van der Waals surface area (Å²) in [4.78, 5) is 12.2. The van der Waals surface area contributed by atoms with Crippen LogP contribution >= 0.6 is 0 Å². The molecule has 1 N–H and O–H groups in total. The summed E-state index contributed by atoms with van der Waals surface area (Å²) < 4.78 is 55.3. The molecule has 2 rings (SSSR count). The van der Waals surface area contributed by atoms with E-state index in [1.807, 2.05) is 0 Å². The molecule has 0 bridgehead atoms. The molecule has 0 unspecified atom stereocenters. The third-order valence-electron chi connectivity index (χ3n) is 3.27. The van der Waals surface area contributed by atoms with Gasteiger partial charge in [0.2, 0.25) is 20.0 Å². The Hall–Kier alpha value is -2.07. The SMILES string of the molecule is CCOC(=O)c1c(C)n(S(C)(=O)=O)c2ccc(NS(C)(=O)=O)cc12. The molecule has 0 saturated heterocycles. The molecule has 0 aliphatic rings. The number of hydrogen-bond donors (Lipinski definition) is 1. The van der Waals surface area contributed by atoms with Crippen molar-refractivity contribution in [3.63, 3.8) is 0 Å². The predicted molar refractivity (Wildman–Crippen MR) is 91.3 cm³/mol. The minimum absolute atomic E-state index is 0.0921. The van der Waals surface area contributed by atoms with Gasteiger partial charge < -0.3 is 4.74 Å². The van der Waals surface area contributed by atoms with Crippen molar-refractivity contribution in [2.24, 2.45) is 0 Å². The molecular weight excluding hydrogens is 356 g/mol. The van der Waals surface area contributed by atoms with Crippen LogP contribution in [0.5, 0.6) is 0 Å². The zero-order valence-corrected chi connectivity index (χ0v) is 15.3. The molecule has 0 aliphatic carbocycles. The molecule has 8 nitrogen and oxygen atoms in total. The van der Waals surface area contributed by atoms with Gasteiger partial charge in [0.05, 0.1) is 30.2 Å². The van der Waals surface area contributed by atoms with Crippen LogP contribution in [0.2, 0.25) is 0 Å². The van der Waals surface area contributed by atoms with E-state index < -0.39 is 26.0 Å². The van der Waals surface area contributed by atoms with Crippen molar-refractivity contribution in [2.45, 2.75) is 13.8 Å². The fourth-order valence-corrected chi connectivity index (χ4v) is 4.22. The highest BCUT2D eigenvalue weighted by Gasteiger charge is 2.25. The molecule has 0 aliphatic heterocycles. The number of carbonyl (C=O) groups is 1. The van der Waals surface area contributed by atoms with Gasteiger partial charge in [-0.15, -0.1) is 0 Å². The summed E-state index contributed by atoms with van der Waals surface area (Å²) in [6, 6.07) is 4.29. The minimum atomic E-state index is -3.67. The number of fused-ring (bicyclic) bond motifs is 1. The Morgan fingerprint density at radius 1 is 1.21 bits per heavy atom. The van der Waals surface area contributed by atoms with Crippen LogP contribution < -0.4 is 4.72 Å². The van der Waals surface area contributed by atoms with Crippen molar-refractivity contribution in [3.8, 4) is 0 Å². The molecule has 1 heterocycles. The number of anilines is 1. The standard InChI is InChI=1S/C14H18N2O6S2/c1-5-22-14(17)13-9(2)16(24(4,20)21)12-7-6-10(8-11(12)13)15-23(3,18)19/h6-8,15H,5H2,1-4H3. The second-order valence-corrected chi connectivity index (χ2v) is 8.89. The van der Waals surface area contributed by atoms with Crippen LogP contribution in [-0.2, 0) is 24.8 Å². The number of benzene rings is 1. The van der Waals surface area contributed by atoms with Gasteiger partial charge in [-0.2, -0.15) is 0 Å². The average Bonchev–Trinajstić information content (AvgIpc) is 2.68. The Kier molecular flexibility index (Phi) is 4.64. The Labute approximate surface area is 140 Å². The van der Waals surface area contributed by atoms with E-state index in [2.05, 4.69) is 4.72 Å². The molecule has 0 amide bonds. The molecule has 10 heteroatoms. The molecular formula is C14H18N2O6S2. The second kappa shape index (κ2) is 6.10. The molecule has 0 radical (unpaired) electrons. The van der Waals surface area contributed by atoms with E-state index in [1.165, 1.54) is 25.1 Å². The first-order valence-corrected chi connectivity index (χ1v) is 10.7. The summed E-state index contributed by atoms with van der Waals surface area (Å²) in [7, 11) is -7.18.